The molecule has 4 heteroatoms. The van der Waals surface area contributed by atoms with Crippen molar-refractivity contribution < 1.29 is 19.7 Å². The van der Waals surface area contributed by atoms with Gasteiger partial charge in [-0.2, -0.15) is 0 Å². The fraction of sp³-hybridized carbons (Fsp3) is 0.706. The zero-order chi connectivity index (χ0) is 15.6. The van der Waals surface area contributed by atoms with E-state index in [0.717, 1.165) is 0 Å². The highest BCUT2D eigenvalue weighted by molar-refractivity contribution is 5.72. The third kappa shape index (κ3) is 3.48. The van der Waals surface area contributed by atoms with Crippen LogP contribution in [0.4, 0.5) is 0 Å². The summed E-state index contributed by atoms with van der Waals surface area (Å²) in [6.45, 7) is 5.70. The van der Waals surface area contributed by atoms with Crippen molar-refractivity contribution in [2.75, 3.05) is 0 Å². The number of hydrogen-bond acceptors (Lipinski definition) is 4. The van der Waals surface area contributed by atoms with Gasteiger partial charge in [-0.3, -0.25) is 4.79 Å². The summed E-state index contributed by atoms with van der Waals surface area (Å²) in [4.78, 5) is 11.3. The maximum absolute atomic E-state index is 11.3. The Bertz CT molecular complexity index is 483. The Labute approximate surface area is 126 Å². The fourth-order valence-electron chi connectivity index (χ4n) is 3.10. The Kier molecular flexibility index (Phi) is 4.75. The lowest BCUT2D eigenvalue weighted by Crippen LogP contribution is -2.28. The second-order valence-corrected chi connectivity index (χ2v) is 6.70. The highest BCUT2D eigenvalue weighted by Crippen LogP contribution is 2.42. The van der Waals surface area contributed by atoms with Gasteiger partial charge in [0.1, 0.15) is 6.10 Å². The average Bonchev–Trinajstić information content (AvgIpc) is 2.89. The van der Waals surface area contributed by atoms with Gasteiger partial charge in [0.15, 0.2) is 0 Å². The minimum atomic E-state index is -0.636. The van der Waals surface area contributed by atoms with Crippen LogP contribution in [0.5, 0.6) is 0 Å². The number of hydrogen-bond donors (Lipinski definition) is 2. The summed E-state index contributed by atoms with van der Waals surface area (Å²) in [6.07, 6.45) is 3.73. The molecule has 4 nitrogen and oxygen atoms in total. The molecule has 1 aliphatic carbocycles. The summed E-state index contributed by atoms with van der Waals surface area (Å²) in [5, 5.41) is 20.4. The van der Waals surface area contributed by atoms with Gasteiger partial charge in [-0.05, 0) is 6.92 Å². The number of fused-ring (bicyclic) bond motifs is 1. The van der Waals surface area contributed by atoms with Crippen LogP contribution in [-0.2, 0) is 9.53 Å². The molecule has 2 fully saturated rings. The number of rotatable bonds is 4. The van der Waals surface area contributed by atoms with Gasteiger partial charge in [0.2, 0.25) is 0 Å². The summed E-state index contributed by atoms with van der Waals surface area (Å²) in [6, 6.07) is 0. The van der Waals surface area contributed by atoms with Crippen molar-refractivity contribution in [2.45, 2.75) is 58.3 Å². The molecule has 0 spiro atoms. The molecule has 1 saturated heterocycles. The van der Waals surface area contributed by atoms with Crippen LogP contribution >= 0.6 is 0 Å². The molecule has 21 heavy (non-hydrogen) atoms. The van der Waals surface area contributed by atoms with E-state index in [2.05, 4.69) is 11.8 Å². The molecule has 116 valence electrons. The highest BCUT2D eigenvalue weighted by Gasteiger charge is 2.48. The van der Waals surface area contributed by atoms with Crippen LogP contribution in [-0.4, -0.2) is 34.5 Å². The van der Waals surface area contributed by atoms with Crippen molar-refractivity contribution in [1.82, 2.24) is 0 Å². The predicted molar refractivity (Wildman–Crippen MR) is 79.1 cm³/mol. The van der Waals surface area contributed by atoms with Crippen molar-refractivity contribution >= 4 is 5.97 Å². The van der Waals surface area contributed by atoms with E-state index < -0.39 is 12.2 Å². The van der Waals surface area contributed by atoms with Gasteiger partial charge in [-0.15, -0.1) is 11.8 Å². The molecule has 2 N–H and O–H groups in total. The fourth-order valence-corrected chi connectivity index (χ4v) is 3.10. The summed E-state index contributed by atoms with van der Waals surface area (Å²) in [5.41, 5.74) is -0.343. The Morgan fingerprint density at radius 1 is 1.52 bits per heavy atom. The van der Waals surface area contributed by atoms with E-state index in [-0.39, 0.29) is 29.3 Å². The molecule has 1 heterocycles. The third-order valence-electron chi connectivity index (χ3n) is 4.61. The van der Waals surface area contributed by atoms with Crippen molar-refractivity contribution in [3.63, 3.8) is 0 Å². The molecule has 0 unspecified atom stereocenters. The number of aliphatic hydroxyl groups excluding tert-OH is 2. The smallest absolute Gasteiger partial charge is 0.306 e. The van der Waals surface area contributed by atoms with E-state index >= 15 is 0 Å². The minimum Gasteiger partial charge on any atom is -0.462 e. The second-order valence-electron chi connectivity index (χ2n) is 6.70. The molecule has 1 aliphatic heterocycles. The van der Waals surface area contributed by atoms with Crippen molar-refractivity contribution in [2.24, 2.45) is 17.3 Å². The second kappa shape index (κ2) is 6.21. The third-order valence-corrected chi connectivity index (χ3v) is 4.61. The number of aliphatic hydroxyl groups is 2. The quantitative estimate of drug-likeness (QED) is 0.470. The zero-order valence-electron chi connectivity index (χ0n) is 12.9. The van der Waals surface area contributed by atoms with Gasteiger partial charge in [0, 0.05) is 30.1 Å². The summed E-state index contributed by atoms with van der Waals surface area (Å²) in [5.74, 6) is 5.56. The molecule has 0 amide bonds. The molecule has 0 bridgehead atoms. The normalized spacial score (nSPS) is 33.5. The maximum atomic E-state index is 11.3. The van der Waals surface area contributed by atoms with Gasteiger partial charge in [-0.1, -0.05) is 26.0 Å². The lowest BCUT2D eigenvalue weighted by molar-refractivity contribution is -0.141. The van der Waals surface area contributed by atoms with E-state index in [1.54, 1.807) is 13.0 Å². The SMILES string of the molecule is CC#CCC(C)(C)[C@H](O)C=C[C@@H]1[C@H]2CC(=O)O[C@H]2C[C@H]1O. The average molecular weight is 292 g/mol. The maximum Gasteiger partial charge on any atom is 0.306 e. The van der Waals surface area contributed by atoms with Crippen LogP contribution in [0.2, 0.25) is 0 Å². The van der Waals surface area contributed by atoms with Gasteiger partial charge in [-0.25, -0.2) is 0 Å². The number of carbonyl (C=O) groups is 1. The largest absolute Gasteiger partial charge is 0.462 e. The molecule has 5 atom stereocenters. The number of esters is 1. The van der Waals surface area contributed by atoms with Crippen LogP contribution in [0.25, 0.3) is 0 Å². The molecule has 0 aromatic carbocycles. The van der Waals surface area contributed by atoms with Crippen molar-refractivity contribution in [3.05, 3.63) is 12.2 Å². The predicted octanol–water partition coefficient (Wildman–Crippen LogP) is 1.66. The van der Waals surface area contributed by atoms with E-state index in [4.69, 9.17) is 4.74 Å². The first-order valence-corrected chi connectivity index (χ1v) is 7.48. The molecule has 0 radical (unpaired) electrons. The first-order valence-electron chi connectivity index (χ1n) is 7.48. The number of ether oxygens (including phenoxy) is 1. The van der Waals surface area contributed by atoms with Gasteiger partial charge >= 0.3 is 5.97 Å². The van der Waals surface area contributed by atoms with Gasteiger partial charge in [0.05, 0.1) is 18.6 Å². The molecular weight excluding hydrogens is 268 g/mol. The summed E-state index contributed by atoms with van der Waals surface area (Å²) >= 11 is 0. The van der Waals surface area contributed by atoms with Crippen LogP contribution in [0.3, 0.4) is 0 Å². The minimum absolute atomic E-state index is 0.0366. The molecular formula is C17H24O4. The van der Waals surface area contributed by atoms with Crippen LogP contribution in [0.1, 0.15) is 40.0 Å². The Morgan fingerprint density at radius 2 is 2.24 bits per heavy atom. The molecule has 1 saturated carbocycles. The standard InChI is InChI=1S/C17H24O4/c1-4-5-8-17(2,3)15(19)7-6-11-12-9-16(20)21-14(12)10-13(11)18/h6-7,11-15,18-19H,8-10H2,1-3H3/t11-,12-,13-,14+,15-/m1/s1. The Hall–Kier alpha value is -1.31. The van der Waals surface area contributed by atoms with Crippen molar-refractivity contribution in [3.8, 4) is 11.8 Å². The van der Waals surface area contributed by atoms with Gasteiger partial charge < -0.3 is 14.9 Å². The topological polar surface area (TPSA) is 66.8 Å². The van der Waals surface area contributed by atoms with E-state index in [1.807, 2.05) is 19.9 Å². The summed E-state index contributed by atoms with van der Waals surface area (Å²) < 4.78 is 5.20. The van der Waals surface area contributed by atoms with Crippen molar-refractivity contribution in [1.29, 1.82) is 0 Å². The molecule has 2 rings (SSSR count). The lowest BCUT2D eigenvalue weighted by Gasteiger charge is -2.27. The number of carbonyl (C=O) groups excluding carboxylic acids is 1. The van der Waals surface area contributed by atoms with E-state index in [0.29, 0.717) is 19.3 Å². The highest BCUT2D eigenvalue weighted by atomic mass is 16.6. The zero-order valence-corrected chi connectivity index (χ0v) is 12.9. The first-order chi connectivity index (χ1) is 9.85. The molecule has 2 aliphatic rings. The monoisotopic (exact) mass is 292 g/mol. The Balaban J connectivity index is 2.02. The first kappa shape index (κ1) is 16.1. The van der Waals surface area contributed by atoms with Crippen LogP contribution in [0.15, 0.2) is 12.2 Å². The lowest BCUT2D eigenvalue weighted by atomic mass is 9.82. The van der Waals surface area contributed by atoms with Crippen LogP contribution in [0, 0.1) is 29.1 Å². The van der Waals surface area contributed by atoms with E-state index in [1.165, 1.54) is 0 Å². The Morgan fingerprint density at radius 3 is 2.90 bits per heavy atom. The van der Waals surface area contributed by atoms with Crippen LogP contribution < -0.4 is 0 Å². The molecule has 0 aromatic heterocycles. The van der Waals surface area contributed by atoms with Gasteiger partial charge in [0.25, 0.3) is 0 Å². The molecule has 0 aromatic rings. The summed E-state index contributed by atoms with van der Waals surface area (Å²) in [7, 11) is 0. The van der Waals surface area contributed by atoms with E-state index in [9.17, 15) is 15.0 Å².